The lowest BCUT2D eigenvalue weighted by Gasteiger charge is -2.41. The third-order valence-electron chi connectivity index (χ3n) is 6.51. The van der Waals surface area contributed by atoms with Crippen molar-refractivity contribution in [2.45, 2.75) is 51.4 Å². The molecule has 0 aromatic rings. The fraction of sp³-hybridized carbons (Fsp3) is 0.722. The summed E-state index contributed by atoms with van der Waals surface area (Å²) in [7, 11) is 0. The molecule has 2 fully saturated rings. The summed E-state index contributed by atoms with van der Waals surface area (Å²) in [6.07, 6.45) is 3.35. The number of allylic oxidation sites excluding steroid dienone is 2. The van der Waals surface area contributed by atoms with E-state index < -0.39 is 41.0 Å². The van der Waals surface area contributed by atoms with E-state index >= 15 is 0 Å². The molecule has 1 spiro atoms. The Morgan fingerprint density at radius 1 is 1.40 bits per heavy atom. The maximum atomic E-state index is 12.8. The van der Waals surface area contributed by atoms with E-state index in [2.05, 4.69) is 10.2 Å². The molecule has 0 unspecified atom stereocenters. The van der Waals surface area contributed by atoms with Gasteiger partial charge in [-0.1, -0.05) is 13.0 Å². The number of nitrogens with zero attached hydrogens (tertiary/aromatic N) is 2. The van der Waals surface area contributed by atoms with Crippen molar-refractivity contribution in [2.75, 3.05) is 6.54 Å². The monoisotopic (exact) mass is 346 g/mol. The molecule has 0 aromatic carbocycles. The summed E-state index contributed by atoms with van der Waals surface area (Å²) in [5.74, 6) is -1.39. The Kier molecular flexibility index (Phi) is 3.43. The molecule has 1 saturated carbocycles. The Labute approximate surface area is 145 Å². The van der Waals surface area contributed by atoms with E-state index in [1.54, 1.807) is 6.08 Å². The smallest absolute Gasteiger partial charge is 0.336 e. The molecule has 134 valence electrons. The second kappa shape index (κ2) is 5.22. The highest BCUT2D eigenvalue weighted by Gasteiger charge is 2.70. The summed E-state index contributed by atoms with van der Waals surface area (Å²) in [4.78, 5) is 37.4. The summed E-state index contributed by atoms with van der Waals surface area (Å²) in [6.45, 7) is 5.66. The first-order chi connectivity index (χ1) is 11.8. The molecule has 0 aromatic heterocycles. The van der Waals surface area contributed by atoms with Crippen LogP contribution in [-0.2, 0) is 23.9 Å². The minimum atomic E-state index is -1.13. The number of rotatable bonds is 1. The fourth-order valence-electron chi connectivity index (χ4n) is 5.33. The van der Waals surface area contributed by atoms with Crippen LogP contribution in [0.25, 0.3) is 0 Å². The molecule has 0 amide bonds. The van der Waals surface area contributed by atoms with Crippen LogP contribution >= 0.6 is 0 Å². The first kappa shape index (κ1) is 16.4. The first-order valence-corrected chi connectivity index (χ1v) is 8.80. The molecular formula is C18H22N2O5. The van der Waals surface area contributed by atoms with Crippen molar-refractivity contribution >= 4 is 17.7 Å². The van der Waals surface area contributed by atoms with Gasteiger partial charge in [-0.3, -0.25) is 9.59 Å². The number of fused-ring (bicyclic) bond motifs is 3. The normalized spacial score (nSPS) is 47.6. The number of azo groups is 1. The number of carbonyl (C=O) groups is 3. The number of ether oxygens (including phenoxy) is 2. The molecule has 0 bridgehead atoms. The third-order valence-corrected chi connectivity index (χ3v) is 6.51. The molecule has 25 heavy (non-hydrogen) atoms. The predicted molar refractivity (Wildman–Crippen MR) is 85.5 cm³/mol. The van der Waals surface area contributed by atoms with Crippen molar-refractivity contribution in [3.63, 3.8) is 0 Å². The largest absolute Gasteiger partial charge is 0.461 e. The average molecular weight is 346 g/mol. The van der Waals surface area contributed by atoms with Gasteiger partial charge in [-0.2, -0.15) is 10.2 Å². The van der Waals surface area contributed by atoms with Gasteiger partial charge in [0.2, 0.25) is 0 Å². The standard InChI is InChI=1S/C18H22N2O5/c1-9-8-12-14(18(16(23)25-12)6-7-19-20-18)15(24-10(2)21)17(3)11(9)4-5-13(17)22/h4-5,9,11-12,14-15H,6-8H2,1-3H3/t9-,11+,12-,14-,15+,17+,18-/m1/s1. The second-order valence-corrected chi connectivity index (χ2v) is 7.88. The van der Waals surface area contributed by atoms with Gasteiger partial charge < -0.3 is 9.47 Å². The highest BCUT2D eigenvalue weighted by atomic mass is 16.6. The molecule has 4 rings (SSSR count). The van der Waals surface area contributed by atoms with Gasteiger partial charge in [0.1, 0.15) is 12.2 Å². The van der Waals surface area contributed by atoms with Gasteiger partial charge in [-0.05, 0) is 31.3 Å². The lowest BCUT2D eigenvalue weighted by atomic mass is 9.64. The minimum absolute atomic E-state index is 0.0657. The van der Waals surface area contributed by atoms with Crippen molar-refractivity contribution in [1.82, 2.24) is 0 Å². The summed E-state index contributed by atoms with van der Waals surface area (Å²) in [6, 6.07) is 0. The summed E-state index contributed by atoms with van der Waals surface area (Å²) in [5.41, 5.74) is -2.05. The lowest BCUT2D eigenvalue weighted by molar-refractivity contribution is -0.165. The highest BCUT2D eigenvalue weighted by molar-refractivity contribution is 5.98. The molecule has 7 nitrogen and oxygen atoms in total. The quantitative estimate of drug-likeness (QED) is 0.675. The summed E-state index contributed by atoms with van der Waals surface area (Å²) in [5, 5.41) is 8.29. The number of esters is 2. The van der Waals surface area contributed by atoms with Gasteiger partial charge in [0, 0.05) is 13.3 Å². The maximum Gasteiger partial charge on any atom is 0.336 e. The molecular weight excluding hydrogens is 324 g/mol. The van der Waals surface area contributed by atoms with E-state index in [4.69, 9.17) is 9.47 Å². The van der Waals surface area contributed by atoms with E-state index in [9.17, 15) is 14.4 Å². The van der Waals surface area contributed by atoms with Crippen LogP contribution in [0, 0.1) is 23.2 Å². The number of hydrogen-bond donors (Lipinski definition) is 0. The Morgan fingerprint density at radius 2 is 2.16 bits per heavy atom. The first-order valence-electron chi connectivity index (χ1n) is 8.80. The number of hydrogen-bond acceptors (Lipinski definition) is 7. The molecule has 0 radical (unpaired) electrons. The van der Waals surface area contributed by atoms with Crippen LogP contribution in [0.4, 0.5) is 0 Å². The van der Waals surface area contributed by atoms with Crippen LogP contribution in [-0.4, -0.2) is 42.0 Å². The molecule has 1 saturated heterocycles. The molecule has 2 aliphatic heterocycles. The highest BCUT2D eigenvalue weighted by Crippen LogP contribution is 2.57. The van der Waals surface area contributed by atoms with E-state index in [1.165, 1.54) is 6.92 Å². The van der Waals surface area contributed by atoms with Crippen LogP contribution in [0.5, 0.6) is 0 Å². The Balaban J connectivity index is 1.88. The van der Waals surface area contributed by atoms with Crippen molar-refractivity contribution in [3.05, 3.63) is 12.2 Å². The van der Waals surface area contributed by atoms with Gasteiger partial charge >= 0.3 is 11.9 Å². The minimum Gasteiger partial charge on any atom is -0.461 e. The van der Waals surface area contributed by atoms with Gasteiger partial charge in [-0.25, -0.2) is 4.79 Å². The van der Waals surface area contributed by atoms with E-state index in [0.29, 0.717) is 19.4 Å². The average Bonchev–Trinajstić information content (AvgIpc) is 3.18. The van der Waals surface area contributed by atoms with Crippen molar-refractivity contribution in [3.8, 4) is 0 Å². The van der Waals surface area contributed by atoms with E-state index in [1.807, 2.05) is 19.9 Å². The molecule has 0 N–H and O–H groups in total. The van der Waals surface area contributed by atoms with Gasteiger partial charge in [0.15, 0.2) is 11.3 Å². The SMILES string of the molecule is CC(=O)O[C@H]1[C@H]2[C@@H](C[C@@H](C)[C@@H]3C=CC(=O)[C@]31C)OC(=O)[C@@]21CCN=N1. The Hall–Kier alpha value is -2.05. The van der Waals surface area contributed by atoms with Crippen LogP contribution in [0.2, 0.25) is 0 Å². The van der Waals surface area contributed by atoms with Crippen LogP contribution in [0.1, 0.15) is 33.6 Å². The zero-order valence-corrected chi connectivity index (χ0v) is 14.6. The maximum absolute atomic E-state index is 12.8. The Bertz CT molecular complexity index is 716. The second-order valence-electron chi connectivity index (χ2n) is 7.88. The molecule has 4 aliphatic rings. The molecule has 2 heterocycles. The van der Waals surface area contributed by atoms with Gasteiger partial charge in [0.25, 0.3) is 0 Å². The van der Waals surface area contributed by atoms with Crippen molar-refractivity contribution < 1.29 is 23.9 Å². The van der Waals surface area contributed by atoms with Crippen LogP contribution in [0.3, 0.4) is 0 Å². The zero-order chi connectivity index (χ0) is 18.0. The molecule has 7 heteroatoms. The predicted octanol–water partition coefficient (Wildman–Crippen LogP) is 1.86. The van der Waals surface area contributed by atoms with Gasteiger partial charge in [-0.15, -0.1) is 0 Å². The Morgan fingerprint density at radius 3 is 2.80 bits per heavy atom. The number of carbonyl (C=O) groups excluding carboxylic acids is 3. The van der Waals surface area contributed by atoms with Crippen LogP contribution < -0.4 is 0 Å². The zero-order valence-electron chi connectivity index (χ0n) is 14.6. The topological polar surface area (TPSA) is 94.4 Å². The molecule has 7 atom stereocenters. The summed E-state index contributed by atoms with van der Waals surface area (Å²) >= 11 is 0. The number of ketones is 1. The van der Waals surface area contributed by atoms with Crippen molar-refractivity contribution in [1.29, 1.82) is 0 Å². The fourth-order valence-corrected chi connectivity index (χ4v) is 5.33. The van der Waals surface area contributed by atoms with Gasteiger partial charge in [0.05, 0.1) is 17.9 Å². The van der Waals surface area contributed by atoms with E-state index in [-0.39, 0.29) is 17.6 Å². The lowest BCUT2D eigenvalue weighted by Crippen LogP contribution is -2.55. The third kappa shape index (κ3) is 2.01. The molecule has 2 aliphatic carbocycles. The van der Waals surface area contributed by atoms with Crippen molar-refractivity contribution in [2.24, 2.45) is 33.4 Å². The van der Waals surface area contributed by atoms with Crippen LogP contribution in [0.15, 0.2) is 22.4 Å². The summed E-state index contributed by atoms with van der Waals surface area (Å²) < 4.78 is 11.4. The van der Waals surface area contributed by atoms with E-state index in [0.717, 1.165) is 0 Å².